The van der Waals surface area contributed by atoms with Crippen molar-refractivity contribution in [2.24, 2.45) is 0 Å². The molecule has 2 aliphatic heterocycles. The highest BCUT2D eigenvalue weighted by atomic mass is 35.5. The van der Waals surface area contributed by atoms with E-state index in [9.17, 15) is 59.1 Å². The number of nitrogens with zero attached hydrogens (tertiary/aromatic N) is 1. The summed E-state index contributed by atoms with van der Waals surface area (Å²) in [5.41, 5.74) is -0.495. The van der Waals surface area contributed by atoms with E-state index in [2.05, 4.69) is 36.9 Å². The highest BCUT2D eigenvalue weighted by Gasteiger charge is 2.55. The van der Waals surface area contributed by atoms with E-state index in [0.717, 1.165) is 17.6 Å². The van der Waals surface area contributed by atoms with Crippen molar-refractivity contribution in [3.8, 4) is 0 Å². The van der Waals surface area contributed by atoms with E-state index < -0.39 is 128 Å². The second-order valence-corrected chi connectivity index (χ2v) is 16.2. The zero-order chi connectivity index (χ0) is 47.4. The summed E-state index contributed by atoms with van der Waals surface area (Å²) < 4.78 is 5.22. The topological polar surface area (TPSA) is 321 Å². The molecule has 2 aromatic carbocycles. The molecule has 3 aromatic rings. The standard InChI is InChI=1S/C43H53ClN8O13/c1-52-22-33(57)48-29(15-24-19-45-28-16-25(44)13-14-27(24)28)40(61)47-21-32(56)46-20-26(53)17-31(55)49-35(36(59)30(54)12-8-4-7-11-23-9-5-3-6-10-23)37(60)41(62)50-39-38(65-2)42(63)51-43(39,64)18-34(52)58/h3-11,13-14,16,19,26,29-30,35-39,45,53-54,59-60,64H,12,15,17-18,20-22H2,1-2H3,(H,46,56)(H,47,61)(H,48,57)(H,49,55)(H,50,62)(H,51,63)/b8-4+,11-7+/t26-,29+,30-,35+,36+,37-,38+,39-,43-/m0/s1. The molecular formula is C43H53ClN8O13. The number of methoxy groups -OCH3 is 1. The van der Waals surface area contributed by atoms with Gasteiger partial charge < -0.3 is 72.1 Å². The lowest BCUT2D eigenvalue weighted by Crippen LogP contribution is -2.64. The van der Waals surface area contributed by atoms with Gasteiger partial charge in [-0.1, -0.05) is 72.3 Å². The number of aromatic nitrogens is 1. The van der Waals surface area contributed by atoms with Gasteiger partial charge in [-0.05, 0) is 29.7 Å². The van der Waals surface area contributed by atoms with Gasteiger partial charge in [0.1, 0.15) is 18.2 Å². The molecule has 0 spiro atoms. The number of aliphatic hydroxyl groups is 5. The highest BCUT2D eigenvalue weighted by molar-refractivity contribution is 6.31. The first-order valence-corrected chi connectivity index (χ1v) is 20.9. The van der Waals surface area contributed by atoms with Crippen molar-refractivity contribution in [3.63, 3.8) is 0 Å². The van der Waals surface area contributed by atoms with Crippen LogP contribution in [0.25, 0.3) is 17.0 Å². The van der Waals surface area contributed by atoms with E-state index >= 15 is 0 Å². The predicted molar refractivity (Wildman–Crippen MR) is 233 cm³/mol. The van der Waals surface area contributed by atoms with E-state index in [1.54, 1.807) is 42.6 Å². The Labute approximate surface area is 377 Å². The number of carbonyl (C=O) groups is 7. The number of H-pyrrole nitrogens is 1. The molecule has 21 nitrogen and oxygen atoms in total. The third-order valence-electron chi connectivity index (χ3n) is 10.8. The third kappa shape index (κ3) is 13.4. The number of allylic oxidation sites excluding steroid dienone is 2. The number of likely N-dealkylation sites (N-methyl/N-ethyl adjacent to an activating group) is 1. The Morgan fingerprint density at radius 2 is 1.65 bits per heavy atom. The number of β-amino-alcohol motifs (C(OH)–C–C–N with tert-alkyl or cyclic N) is 1. The molecule has 9 atom stereocenters. The molecule has 0 bridgehead atoms. The fourth-order valence-electron chi connectivity index (χ4n) is 7.30. The molecule has 350 valence electrons. The van der Waals surface area contributed by atoms with Gasteiger partial charge in [0, 0.05) is 49.2 Å². The van der Waals surface area contributed by atoms with Crippen LogP contribution in [0.1, 0.15) is 30.4 Å². The Hall–Kier alpha value is -6.20. The molecule has 0 aliphatic carbocycles. The molecular weight excluding hydrogens is 872 g/mol. The number of amides is 7. The first-order valence-electron chi connectivity index (χ1n) is 20.5. The fourth-order valence-corrected chi connectivity index (χ4v) is 7.47. The van der Waals surface area contributed by atoms with Gasteiger partial charge in [0.05, 0.1) is 44.2 Å². The van der Waals surface area contributed by atoms with Crippen LogP contribution in [-0.2, 0) is 44.7 Å². The van der Waals surface area contributed by atoms with Gasteiger partial charge in [-0.25, -0.2) is 0 Å². The lowest BCUT2D eigenvalue weighted by Gasteiger charge is -2.34. The molecule has 12 N–H and O–H groups in total. The van der Waals surface area contributed by atoms with Gasteiger partial charge in [0.25, 0.3) is 11.8 Å². The number of aliphatic hydroxyl groups excluding tert-OH is 4. The molecule has 0 saturated carbocycles. The largest absolute Gasteiger partial charge is 0.391 e. The number of rotatable bonds is 9. The van der Waals surface area contributed by atoms with Crippen LogP contribution in [0.15, 0.2) is 73.0 Å². The minimum absolute atomic E-state index is 0.0980. The van der Waals surface area contributed by atoms with Crippen molar-refractivity contribution < 1.29 is 63.8 Å². The zero-order valence-corrected chi connectivity index (χ0v) is 36.2. The van der Waals surface area contributed by atoms with E-state index in [4.69, 9.17) is 16.3 Å². The van der Waals surface area contributed by atoms with Crippen molar-refractivity contribution in [2.75, 3.05) is 33.8 Å². The maximum atomic E-state index is 13.8. The van der Waals surface area contributed by atoms with Crippen LogP contribution >= 0.6 is 11.6 Å². The molecule has 2 fully saturated rings. The number of ether oxygens (including phenoxy) is 1. The van der Waals surface area contributed by atoms with Crippen molar-refractivity contribution in [2.45, 2.75) is 80.1 Å². The van der Waals surface area contributed by atoms with Crippen molar-refractivity contribution >= 4 is 69.9 Å². The average molecular weight is 925 g/mol. The molecule has 65 heavy (non-hydrogen) atoms. The van der Waals surface area contributed by atoms with E-state index in [1.807, 2.05) is 30.3 Å². The van der Waals surface area contributed by atoms with Crippen molar-refractivity contribution in [1.29, 1.82) is 0 Å². The second-order valence-electron chi connectivity index (χ2n) is 15.7. The van der Waals surface area contributed by atoms with E-state index in [1.165, 1.54) is 13.1 Å². The quantitative estimate of drug-likeness (QED) is 0.0970. The fraction of sp³-hybridized carbons (Fsp3) is 0.419. The summed E-state index contributed by atoms with van der Waals surface area (Å²) in [7, 11) is 2.26. The zero-order valence-electron chi connectivity index (χ0n) is 35.4. The van der Waals surface area contributed by atoms with E-state index in [-0.39, 0.29) is 12.8 Å². The summed E-state index contributed by atoms with van der Waals surface area (Å²) in [6, 6.07) is 9.14. The minimum Gasteiger partial charge on any atom is -0.391 e. The van der Waals surface area contributed by atoms with Crippen LogP contribution in [0.4, 0.5) is 0 Å². The van der Waals surface area contributed by atoms with Crippen LogP contribution in [0.2, 0.25) is 5.02 Å². The summed E-state index contributed by atoms with van der Waals surface area (Å²) in [5.74, 6) is -6.83. The number of carbonyl (C=O) groups excluding carboxylic acids is 7. The summed E-state index contributed by atoms with van der Waals surface area (Å²) in [6.45, 7) is -1.84. The van der Waals surface area contributed by atoms with Crippen LogP contribution < -0.4 is 31.9 Å². The molecule has 2 aliphatic rings. The van der Waals surface area contributed by atoms with Crippen LogP contribution in [0, 0.1) is 0 Å². The molecule has 0 unspecified atom stereocenters. The van der Waals surface area contributed by atoms with Gasteiger partial charge in [-0.15, -0.1) is 0 Å². The number of hydrogen-bond donors (Lipinski definition) is 12. The normalized spacial score (nSPS) is 27.1. The molecule has 0 radical (unpaired) electrons. The number of nitrogens with one attached hydrogen (secondary N) is 7. The van der Waals surface area contributed by atoms with Crippen LogP contribution in [0.3, 0.4) is 0 Å². The van der Waals surface area contributed by atoms with Crippen LogP contribution in [0.5, 0.6) is 0 Å². The Balaban J connectivity index is 1.39. The lowest BCUT2D eigenvalue weighted by atomic mass is 9.95. The summed E-state index contributed by atoms with van der Waals surface area (Å²) in [4.78, 5) is 97.2. The Bertz CT molecular complexity index is 2280. The predicted octanol–water partition coefficient (Wildman–Crippen LogP) is -2.76. The molecule has 3 heterocycles. The first kappa shape index (κ1) is 49.8. The maximum absolute atomic E-state index is 13.8. The number of halogens is 1. The maximum Gasteiger partial charge on any atom is 0.253 e. The SMILES string of the molecule is CO[C@H]1C(=O)N[C@]2(O)CC(=O)N(C)CC(=O)N[C@H](Cc3c[nH]c4cc(Cl)ccc34)C(=O)NCC(=O)NC[C@@H](O)CC(=O)N[C@H]([C@H](O)[C@@H](O)C/C=C/C=C/c3ccccc3)[C@H](O)C(=O)N[C@@H]12. The Morgan fingerprint density at radius 1 is 0.908 bits per heavy atom. The number of hydrogen-bond acceptors (Lipinski definition) is 13. The first-order chi connectivity index (χ1) is 30.9. The van der Waals surface area contributed by atoms with Gasteiger partial charge in [0.15, 0.2) is 17.9 Å². The molecule has 5 rings (SSSR count). The molecule has 22 heteroatoms. The molecule has 1 aromatic heterocycles. The molecule has 2 saturated heterocycles. The van der Waals surface area contributed by atoms with Gasteiger partial charge in [-0.2, -0.15) is 0 Å². The summed E-state index contributed by atoms with van der Waals surface area (Å²) in [5, 5.41) is 71.1. The van der Waals surface area contributed by atoms with Crippen molar-refractivity contribution in [1.82, 2.24) is 41.8 Å². The molecule has 7 amide bonds. The summed E-state index contributed by atoms with van der Waals surface area (Å²) >= 11 is 6.12. The third-order valence-corrected chi connectivity index (χ3v) is 11.0. The number of fused-ring (bicyclic) bond motifs is 2. The Kier molecular flexibility index (Phi) is 17.3. The van der Waals surface area contributed by atoms with Crippen LogP contribution in [-0.4, -0.2) is 165 Å². The second kappa shape index (κ2) is 22.6. The Morgan fingerprint density at radius 3 is 2.37 bits per heavy atom. The van der Waals surface area contributed by atoms with Gasteiger partial charge >= 0.3 is 0 Å². The number of benzene rings is 2. The monoisotopic (exact) mass is 924 g/mol. The smallest absolute Gasteiger partial charge is 0.253 e. The highest BCUT2D eigenvalue weighted by Crippen LogP contribution is 2.26. The lowest BCUT2D eigenvalue weighted by molar-refractivity contribution is -0.146. The van der Waals surface area contributed by atoms with Crippen molar-refractivity contribution in [3.05, 3.63) is 89.1 Å². The summed E-state index contributed by atoms with van der Waals surface area (Å²) in [6.07, 6.45) is -3.41. The average Bonchev–Trinajstić information content (AvgIpc) is 3.77. The van der Waals surface area contributed by atoms with Gasteiger partial charge in [0.2, 0.25) is 29.5 Å². The van der Waals surface area contributed by atoms with E-state index in [0.29, 0.717) is 21.5 Å². The minimum atomic E-state index is -2.61. The van der Waals surface area contributed by atoms with Gasteiger partial charge in [-0.3, -0.25) is 33.6 Å². The number of aromatic amines is 1.